The summed E-state index contributed by atoms with van der Waals surface area (Å²) in [5.74, 6) is 1.88. The number of rotatable bonds is 12. The first kappa shape index (κ1) is 33.6. The zero-order chi connectivity index (χ0) is 32.6. The van der Waals surface area contributed by atoms with E-state index >= 15 is 0 Å². The van der Waals surface area contributed by atoms with Crippen LogP contribution in [0.3, 0.4) is 0 Å². The van der Waals surface area contributed by atoms with Crippen molar-refractivity contribution in [3.8, 4) is 29.4 Å². The Morgan fingerprint density at radius 2 is 2.02 bits per heavy atom. The largest absolute Gasteiger partial charge is 0.493 e. The first-order chi connectivity index (χ1) is 21.4. The summed E-state index contributed by atoms with van der Waals surface area (Å²) < 4.78 is 48.7. The van der Waals surface area contributed by atoms with Gasteiger partial charge in [0.15, 0.2) is 5.03 Å². The van der Waals surface area contributed by atoms with Crippen molar-refractivity contribution >= 4 is 27.6 Å². The van der Waals surface area contributed by atoms with E-state index < -0.39 is 26.8 Å². The predicted octanol–water partition coefficient (Wildman–Crippen LogP) is 3.88. The quantitative estimate of drug-likeness (QED) is 0.215. The molecule has 11 nitrogen and oxygen atoms in total. The number of carbonyl (C=O) groups excluding carboxylic acids is 1. The normalized spacial score (nSPS) is 16.9. The van der Waals surface area contributed by atoms with E-state index in [9.17, 15) is 17.6 Å². The third-order valence-electron chi connectivity index (χ3n) is 7.30. The number of hydrogen-bond acceptors (Lipinski definition) is 10. The minimum Gasteiger partial charge on any atom is -0.493 e. The zero-order valence-electron chi connectivity index (χ0n) is 25.8. The highest BCUT2D eigenvalue weighted by atomic mass is 32.2. The molecule has 3 aromatic rings. The summed E-state index contributed by atoms with van der Waals surface area (Å²) in [7, 11) is -4.38. The highest BCUT2D eigenvalue weighted by molar-refractivity contribution is 7.90. The molecule has 1 atom stereocenters. The number of nitrogens with zero attached hydrogens (tertiary/aromatic N) is 3. The van der Waals surface area contributed by atoms with E-state index in [1.165, 1.54) is 42.5 Å². The molecule has 1 aromatic carbocycles. The zero-order valence-corrected chi connectivity index (χ0v) is 26.6. The molecule has 1 saturated heterocycles. The van der Waals surface area contributed by atoms with Gasteiger partial charge in [0.2, 0.25) is 0 Å². The Bertz CT molecular complexity index is 1650. The predicted molar refractivity (Wildman–Crippen MR) is 172 cm³/mol. The number of hydrazine groups is 1. The fourth-order valence-electron chi connectivity index (χ4n) is 4.90. The SMILES string of the molecule is C#CCN(CCC1(C)CCCCNN1)c1nc(-c2cc(F)cc(OCC(C)C)c2)ccc1C(=O)NS(=O)(=O)c1cccc(N)n1. The molecule has 5 N–H and O–H groups in total. The molecule has 0 bridgehead atoms. The van der Waals surface area contributed by atoms with Crippen molar-refractivity contribution < 1.29 is 22.3 Å². The number of sulfonamides is 1. The number of halogens is 1. The van der Waals surface area contributed by atoms with Crippen LogP contribution in [0.25, 0.3) is 11.3 Å². The van der Waals surface area contributed by atoms with Gasteiger partial charge < -0.3 is 15.4 Å². The van der Waals surface area contributed by atoms with Crippen LogP contribution in [0, 0.1) is 24.1 Å². The molecule has 13 heteroatoms. The van der Waals surface area contributed by atoms with Crippen LogP contribution >= 0.6 is 0 Å². The van der Waals surface area contributed by atoms with Crippen molar-refractivity contribution in [1.29, 1.82) is 0 Å². The summed E-state index contributed by atoms with van der Waals surface area (Å²) in [5, 5.41) is -0.406. The smallest absolute Gasteiger partial charge is 0.281 e. The van der Waals surface area contributed by atoms with Gasteiger partial charge in [-0.25, -0.2) is 19.1 Å². The van der Waals surface area contributed by atoms with Gasteiger partial charge in [0.25, 0.3) is 15.9 Å². The van der Waals surface area contributed by atoms with Gasteiger partial charge in [-0.1, -0.05) is 32.3 Å². The number of benzene rings is 1. The Balaban J connectivity index is 1.74. The Hall–Kier alpha value is -4.25. The molecule has 3 heterocycles. The number of nitrogen functional groups attached to an aromatic ring is 1. The average molecular weight is 638 g/mol. The standard InChI is InChI=1S/C32H40FN7O4S/c1-5-16-40(17-14-32(4)13-6-7-15-35-39-32)30-26(31(41)38-45(42,43)29-10-8-9-28(34)37-29)11-12-27(36-30)23-18-24(33)20-25(19-23)44-21-22(2)3/h1,8-12,18-20,22,35,39H,6-7,13-17,21H2,2-4H3,(H2,34,37)(H,38,41). The highest BCUT2D eigenvalue weighted by Crippen LogP contribution is 2.30. The van der Waals surface area contributed by atoms with Gasteiger partial charge >= 0.3 is 0 Å². The van der Waals surface area contributed by atoms with Crippen LogP contribution in [0.5, 0.6) is 5.75 Å². The van der Waals surface area contributed by atoms with E-state index in [-0.39, 0.29) is 35.2 Å². The van der Waals surface area contributed by atoms with E-state index in [0.717, 1.165) is 25.8 Å². The van der Waals surface area contributed by atoms with E-state index in [0.29, 0.717) is 36.6 Å². The summed E-state index contributed by atoms with van der Waals surface area (Å²) in [6, 6.07) is 11.3. The van der Waals surface area contributed by atoms with Crippen LogP contribution in [-0.2, 0) is 10.0 Å². The average Bonchev–Trinajstić information content (AvgIpc) is 3.22. The van der Waals surface area contributed by atoms with Gasteiger partial charge in [0, 0.05) is 30.3 Å². The molecule has 1 aliphatic rings. The Kier molecular flexibility index (Phi) is 11.0. The number of nitrogens with one attached hydrogen (secondary N) is 3. The maximum atomic E-state index is 14.7. The molecule has 0 aliphatic carbocycles. The Morgan fingerprint density at radius 1 is 1.22 bits per heavy atom. The van der Waals surface area contributed by atoms with Crippen LogP contribution in [0.1, 0.15) is 56.8 Å². The second-order valence-electron chi connectivity index (χ2n) is 11.7. The van der Waals surface area contributed by atoms with Crippen molar-refractivity contribution in [3.05, 3.63) is 59.9 Å². The van der Waals surface area contributed by atoms with Crippen molar-refractivity contribution in [2.24, 2.45) is 5.92 Å². The molecule has 1 fully saturated rings. The number of hydrogen-bond donors (Lipinski definition) is 4. The second kappa shape index (κ2) is 14.7. The van der Waals surface area contributed by atoms with E-state index in [2.05, 4.69) is 33.4 Å². The molecule has 2 aromatic heterocycles. The van der Waals surface area contributed by atoms with Gasteiger partial charge in [-0.05, 0) is 68.5 Å². The lowest BCUT2D eigenvalue weighted by Gasteiger charge is -2.33. The summed E-state index contributed by atoms with van der Waals surface area (Å²) in [6.45, 7) is 7.80. The third-order valence-corrected chi connectivity index (χ3v) is 8.54. The minimum atomic E-state index is -4.38. The summed E-state index contributed by atoms with van der Waals surface area (Å²) in [4.78, 5) is 23.9. The van der Waals surface area contributed by atoms with Gasteiger partial charge in [-0.2, -0.15) is 8.42 Å². The molecule has 1 unspecified atom stereocenters. The van der Waals surface area contributed by atoms with Crippen LogP contribution < -0.4 is 30.9 Å². The molecule has 0 spiro atoms. The van der Waals surface area contributed by atoms with Gasteiger partial charge in [0.1, 0.15) is 23.2 Å². The van der Waals surface area contributed by atoms with Crippen LogP contribution in [0.4, 0.5) is 16.0 Å². The van der Waals surface area contributed by atoms with Crippen molar-refractivity contribution in [2.45, 2.75) is 57.0 Å². The summed E-state index contributed by atoms with van der Waals surface area (Å²) >= 11 is 0. The van der Waals surface area contributed by atoms with E-state index in [1.807, 2.05) is 13.8 Å². The highest BCUT2D eigenvalue weighted by Gasteiger charge is 2.29. The molecular formula is C32H40FN7O4S. The van der Waals surface area contributed by atoms with Crippen LogP contribution in [0.15, 0.2) is 53.6 Å². The number of aromatic nitrogens is 2. The van der Waals surface area contributed by atoms with Crippen LogP contribution in [-0.4, -0.2) is 56.1 Å². The molecule has 1 amide bonds. The maximum absolute atomic E-state index is 14.7. The number of carbonyl (C=O) groups is 1. The molecule has 4 rings (SSSR count). The first-order valence-electron chi connectivity index (χ1n) is 14.8. The van der Waals surface area contributed by atoms with Crippen molar-refractivity contribution in [2.75, 3.05) is 36.9 Å². The fourth-order valence-corrected chi connectivity index (χ4v) is 5.84. The first-order valence-corrected chi connectivity index (χ1v) is 16.3. The van der Waals surface area contributed by atoms with Gasteiger partial charge in [-0.3, -0.25) is 15.6 Å². The maximum Gasteiger partial charge on any atom is 0.281 e. The van der Waals surface area contributed by atoms with Crippen molar-refractivity contribution in [3.63, 3.8) is 0 Å². The number of nitrogens with two attached hydrogens (primary N) is 1. The lowest BCUT2D eigenvalue weighted by Crippen LogP contribution is -2.50. The summed E-state index contributed by atoms with van der Waals surface area (Å²) in [6.07, 6.45) is 9.39. The topological polar surface area (TPSA) is 152 Å². The Morgan fingerprint density at radius 3 is 2.76 bits per heavy atom. The summed E-state index contributed by atoms with van der Waals surface area (Å²) in [5.41, 5.74) is 12.8. The van der Waals surface area contributed by atoms with Gasteiger partial charge in [0.05, 0.1) is 24.4 Å². The van der Waals surface area contributed by atoms with Gasteiger partial charge in [-0.15, -0.1) is 6.42 Å². The number of amides is 1. The van der Waals surface area contributed by atoms with E-state index in [1.54, 1.807) is 11.0 Å². The molecule has 240 valence electrons. The minimum absolute atomic E-state index is 0.0147. The second-order valence-corrected chi connectivity index (χ2v) is 13.4. The molecular weight excluding hydrogens is 597 g/mol. The Labute approximate surface area is 264 Å². The van der Waals surface area contributed by atoms with Crippen LogP contribution in [0.2, 0.25) is 0 Å². The van der Waals surface area contributed by atoms with E-state index in [4.69, 9.17) is 21.9 Å². The molecule has 0 saturated carbocycles. The number of ether oxygens (including phenoxy) is 1. The lowest BCUT2D eigenvalue weighted by atomic mass is 9.92. The van der Waals surface area contributed by atoms with Crippen molar-refractivity contribution in [1.82, 2.24) is 25.5 Å². The molecule has 0 radical (unpaired) electrons. The molecule has 45 heavy (non-hydrogen) atoms. The lowest BCUT2D eigenvalue weighted by molar-refractivity contribution is 0.0981. The molecule has 1 aliphatic heterocycles. The fraction of sp³-hybridized carbons (Fsp3) is 0.406. The monoisotopic (exact) mass is 637 g/mol. The number of terminal acetylenes is 1. The number of anilines is 2. The third kappa shape index (κ3) is 9.13. The number of pyridine rings is 2.